The number of aromatic nitrogens is 4. The molecule has 0 fully saturated rings. The van der Waals surface area contributed by atoms with Gasteiger partial charge >= 0.3 is 0 Å². The summed E-state index contributed by atoms with van der Waals surface area (Å²) in [5.41, 5.74) is 0.539. The van der Waals surface area contributed by atoms with Crippen molar-refractivity contribution in [2.45, 2.75) is 6.54 Å². The van der Waals surface area contributed by atoms with E-state index in [9.17, 15) is 4.39 Å². The first-order valence-electron chi connectivity index (χ1n) is 6.07. The van der Waals surface area contributed by atoms with Gasteiger partial charge in [0, 0.05) is 19.7 Å². The number of halogens is 1. The molecule has 0 saturated heterocycles. The summed E-state index contributed by atoms with van der Waals surface area (Å²) < 4.78 is 25.0. The summed E-state index contributed by atoms with van der Waals surface area (Å²) in [5.74, 6) is 0.311. The molecule has 1 heterocycles. The molecule has 0 unspecified atom stereocenters. The number of rotatable bonds is 7. The molecule has 0 aliphatic heterocycles. The molecular weight excluding hydrogens is 265 g/mol. The Kier molecular flexibility index (Phi) is 4.97. The zero-order valence-electron chi connectivity index (χ0n) is 11.3. The van der Waals surface area contributed by atoms with E-state index in [4.69, 9.17) is 9.47 Å². The lowest BCUT2D eigenvalue weighted by Crippen LogP contribution is -2.21. The monoisotopic (exact) mass is 281 g/mol. The average molecular weight is 281 g/mol. The Morgan fingerprint density at radius 1 is 1.35 bits per heavy atom. The minimum atomic E-state index is -0.459. The number of nitrogens with zero attached hydrogens (tertiary/aromatic N) is 4. The van der Waals surface area contributed by atoms with Crippen LogP contribution < -0.4 is 10.1 Å². The first-order chi connectivity index (χ1) is 9.76. The molecule has 0 saturated carbocycles. The maximum absolute atomic E-state index is 13.7. The smallest absolute Gasteiger partial charge is 0.170 e. The molecule has 0 radical (unpaired) electrons. The number of hydrogen-bond acceptors (Lipinski definition) is 6. The lowest BCUT2D eigenvalue weighted by Gasteiger charge is -2.07. The third-order valence-corrected chi connectivity index (χ3v) is 2.68. The fraction of sp³-hybridized carbons (Fsp3) is 0.417. The molecule has 0 spiro atoms. The molecule has 2 rings (SSSR count). The van der Waals surface area contributed by atoms with Crippen molar-refractivity contribution >= 4 is 0 Å². The SMILES string of the molecule is COCCNCc1nnnn1-c1ccc(OC)c(F)c1. The van der Waals surface area contributed by atoms with Crippen LogP contribution in [-0.4, -0.2) is 47.6 Å². The molecule has 1 N–H and O–H groups in total. The number of nitrogens with one attached hydrogen (secondary N) is 1. The number of hydrogen-bond donors (Lipinski definition) is 1. The van der Waals surface area contributed by atoms with Crippen molar-refractivity contribution < 1.29 is 13.9 Å². The molecule has 0 aliphatic carbocycles. The van der Waals surface area contributed by atoms with Crippen molar-refractivity contribution in [2.24, 2.45) is 0 Å². The Morgan fingerprint density at radius 2 is 2.20 bits per heavy atom. The third kappa shape index (κ3) is 3.28. The van der Waals surface area contributed by atoms with Gasteiger partial charge in [-0.3, -0.25) is 0 Å². The third-order valence-electron chi connectivity index (χ3n) is 2.68. The molecule has 0 aliphatic rings. The predicted molar refractivity (Wildman–Crippen MR) is 69.2 cm³/mol. The maximum atomic E-state index is 13.7. The van der Waals surface area contributed by atoms with E-state index in [1.54, 1.807) is 13.2 Å². The number of methoxy groups -OCH3 is 2. The average Bonchev–Trinajstić information content (AvgIpc) is 2.92. The summed E-state index contributed by atoms with van der Waals surface area (Å²) in [4.78, 5) is 0. The Morgan fingerprint density at radius 3 is 2.90 bits per heavy atom. The van der Waals surface area contributed by atoms with Crippen molar-refractivity contribution in [3.63, 3.8) is 0 Å². The minimum absolute atomic E-state index is 0.182. The van der Waals surface area contributed by atoms with Crippen LogP contribution in [0, 0.1) is 5.82 Å². The highest BCUT2D eigenvalue weighted by Gasteiger charge is 2.10. The van der Waals surface area contributed by atoms with Gasteiger partial charge in [0.1, 0.15) is 0 Å². The van der Waals surface area contributed by atoms with E-state index in [-0.39, 0.29) is 5.75 Å². The van der Waals surface area contributed by atoms with Crippen LogP contribution in [0.5, 0.6) is 5.75 Å². The summed E-state index contributed by atoms with van der Waals surface area (Å²) in [6.45, 7) is 1.74. The van der Waals surface area contributed by atoms with Crippen LogP contribution >= 0.6 is 0 Å². The first kappa shape index (κ1) is 14.4. The molecule has 1 aromatic heterocycles. The Hall–Kier alpha value is -2.06. The van der Waals surface area contributed by atoms with Gasteiger partial charge in [0.2, 0.25) is 0 Å². The molecule has 7 nitrogen and oxygen atoms in total. The van der Waals surface area contributed by atoms with Gasteiger partial charge in [-0.25, -0.2) is 4.39 Å². The van der Waals surface area contributed by atoms with E-state index < -0.39 is 5.82 Å². The van der Waals surface area contributed by atoms with Crippen LogP contribution in [0.4, 0.5) is 4.39 Å². The highest BCUT2D eigenvalue weighted by atomic mass is 19.1. The van der Waals surface area contributed by atoms with Gasteiger partial charge in [-0.1, -0.05) is 0 Å². The first-order valence-corrected chi connectivity index (χ1v) is 6.07. The van der Waals surface area contributed by atoms with E-state index in [2.05, 4.69) is 20.8 Å². The second-order valence-corrected chi connectivity index (χ2v) is 4.00. The summed E-state index contributed by atoms with van der Waals surface area (Å²) in [5, 5.41) is 14.5. The molecule has 20 heavy (non-hydrogen) atoms. The quantitative estimate of drug-likeness (QED) is 0.747. The van der Waals surface area contributed by atoms with Crippen LogP contribution in [0.3, 0.4) is 0 Å². The molecule has 0 atom stereocenters. The van der Waals surface area contributed by atoms with Gasteiger partial charge in [0.25, 0.3) is 0 Å². The number of benzene rings is 1. The van der Waals surface area contributed by atoms with Gasteiger partial charge in [0.15, 0.2) is 17.4 Å². The van der Waals surface area contributed by atoms with Crippen LogP contribution in [-0.2, 0) is 11.3 Å². The van der Waals surface area contributed by atoms with Crippen molar-refractivity contribution in [3.05, 3.63) is 29.8 Å². The largest absolute Gasteiger partial charge is 0.494 e. The maximum Gasteiger partial charge on any atom is 0.170 e. The zero-order chi connectivity index (χ0) is 14.4. The van der Waals surface area contributed by atoms with E-state index >= 15 is 0 Å². The van der Waals surface area contributed by atoms with Crippen LogP contribution in [0.25, 0.3) is 5.69 Å². The lowest BCUT2D eigenvalue weighted by atomic mass is 10.3. The highest BCUT2D eigenvalue weighted by molar-refractivity contribution is 5.38. The van der Waals surface area contributed by atoms with Crippen molar-refractivity contribution in [1.82, 2.24) is 25.5 Å². The van der Waals surface area contributed by atoms with Gasteiger partial charge in [0.05, 0.1) is 25.9 Å². The zero-order valence-corrected chi connectivity index (χ0v) is 11.3. The molecule has 1 aromatic carbocycles. The Labute approximate surface area is 115 Å². The fourth-order valence-corrected chi connectivity index (χ4v) is 1.68. The summed E-state index contributed by atoms with van der Waals surface area (Å²) >= 11 is 0. The van der Waals surface area contributed by atoms with E-state index in [0.717, 1.165) is 0 Å². The minimum Gasteiger partial charge on any atom is -0.494 e. The van der Waals surface area contributed by atoms with Crippen molar-refractivity contribution in [2.75, 3.05) is 27.4 Å². The van der Waals surface area contributed by atoms with Gasteiger partial charge in [-0.2, -0.15) is 4.68 Å². The standard InChI is InChI=1S/C12H16FN5O2/c1-19-6-5-14-8-12-15-16-17-18(12)9-3-4-11(20-2)10(13)7-9/h3-4,7,14H,5-6,8H2,1-2H3. The fourth-order valence-electron chi connectivity index (χ4n) is 1.68. The second-order valence-electron chi connectivity index (χ2n) is 4.00. The van der Waals surface area contributed by atoms with Crippen LogP contribution in [0.15, 0.2) is 18.2 Å². The van der Waals surface area contributed by atoms with Gasteiger partial charge in [-0.05, 0) is 22.6 Å². The predicted octanol–water partition coefficient (Wildman–Crippen LogP) is 0.546. The molecule has 0 bridgehead atoms. The Balaban J connectivity index is 2.13. The molecule has 2 aromatic rings. The topological polar surface area (TPSA) is 74.1 Å². The van der Waals surface area contributed by atoms with Crippen LogP contribution in [0.2, 0.25) is 0 Å². The Bertz CT molecular complexity index is 561. The molecule has 8 heteroatoms. The summed E-state index contributed by atoms with van der Waals surface area (Å²) in [7, 11) is 3.05. The lowest BCUT2D eigenvalue weighted by molar-refractivity contribution is 0.199. The van der Waals surface area contributed by atoms with Gasteiger partial charge in [-0.15, -0.1) is 5.10 Å². The highest BCUT2D eigenvalue weighted by Crippen LogP contribution is 2.19. The van der Waals surface area contributed by atoms with E-state index in [0.29, 0.717) is 31.2 Å². The second kappa shape index (κ2) is 6.92. The molecular formula is C12H16FN5O2. The summed E-state index contributed by atoms with van der Waals surface area (Å²) in [6, 6.07) is 4.55. The normalized spacial score (nSPS) is 10.8. The number of tetrazole rings is 1. The summed E-state index contributed by atoms with van der Waals surface area (Å²) in [6.07, 6.45) is 0. The van der Waals surface area contributed by atoms with Crippen molar-refractivity contribution in [1.29, 1.82) is 0 Å². The van der Waals surface area contributed by atoms with E-state index in [1.807, 2.05) is 0 Å². The van der Waals surface area contributed by atoms with E-state index in [1.165, 1.54) is 23.9 Å². The molecule has 108 valence electrons. The van der Waals surface area contributed by atoms with Crippen LogP contribution in [0.1, 0.15) is 5.82 Å². The van der Waals surface area contributed by atoms with Crippen molar-refractivity contribution in [3.8, 4) is 11.4 Å². The van der Waals surface area contributed by atoms with Gasteiger partial charge < -0.3 is 14.8 Å². The molecule has 0 amide bonds. The number of ether oxygens (including phenoxy) is 2.